The summed E-state index contributed by atoms with van der Waals surface area (Å²) in [6.45, 7) is 1.32. The highest BCUT2D eigenvalue weighted by Crippen LogP contribution is 2.36. The Kier molecular flexibility index (Phi) is 4.32. The van der Waals surface area contributed by atoms with Crippen molar-refractivity contribution in [3.63, 3.8) is 0 Å². The van der Waals surface area contributed by atoms with Gasteiger partial charge in [-0.25, -0.2) is 0 Å². The molecule has 0 aliphatic rings. The summed E-state index contributed by atoms with van der Waals surface area (Å²) >= 11 is 12.3. The van der Waals surface area contributed by atoms with Crippen LogP contribution in [0.2, 0.25) is 10.0 Å². The molecule has 2 aromatic carbocycles. The highest BCUT2D eigenvalue weighted by atomic mass is 35.5. The number of hydrogen-bond acceptors (Lipinski definition) is 5. The average molecular weight is 349 g/mol. The smallest absolute Gasteiger partial charge is 0.308 e. The summed E-state index contributed by atoms with van der Waals surface area (Å²) in [6, 6.07) is 12.0. The number of hydrogen-bond donors (Lipinski definition) is 0. The van der Waals surface area contributed by atoms with Crippen LogP contribution >= 0.6 is 23.2 Å². The van der Waals surface area contributed by atoms with Gasteiger partial charge in [-0.05, 0) is 24.3 Å². The van der Waals surface area contributed by atoms with E-state index in [9.17, 15) is 4.79 Å². The highest BCUT2D eigenvalue weighted by molar-refractivity contribution is 6.38. The Morgan fingerprint density at radius 2 is 1.65 bits per heavy atom. The second-order valence-electron chi connectivity index (χ2n) is 4.60. The third-order valence-corrected chi connectivity index (χ3v) is 3.60. The van der Waals surface area contributed by atoms with Crippen molar-refractivity contribution in [2.75, 3.05) is 0 Å². The van der Waals surface area contributed by atoms with Crippen molar-refractivity contribution in [3.05, 3.63) is 52.5 Å². The molecule has 0 atom stereocenters. The topological polar surface area (TPSA) is 65.2 Å². The van der Waals surface area contributed by atoms with Crippen LogP contribution in [-0.2, 0) is 4.79 Å². The monoisotopic (exact) mass is 348 g/mol. The van der Waals surface area contributed by atoms with Gasteiger partial charge in [0.05, 0.1) is 21.2 Å². The minimum Gasteiger partial charge on any atom is -0.426 e. The lowest BCUT2D eigenvalue weighted by molar-refractivity contribution is -0.131. The van der Waals surface area contributed by atoms with Gasteiger partial charge in [-0.1, -0.05) is 41.4 Å². The van der Waals surface area contributed by atoms with Crippen LogP contribution < -0.4 is 4.74 Å². The lowest BCUT2D eigenvalue weighted by Gasteiger charge is -2.05. The molecule has 23 heavy (non-hydrogen) atoms. The molecule has 0 spiro atoms. The van der Waals surface area contributed by atoms with E-state index in [1.807, 2.05) is 0 Å². The molecule has 0 saturated carbocycles. The molecule has 0 aliphatic heterocycles. The van der Waals surface area contributed by atoms with E-state index in [4.69, 9.17) is 32.4 Å². The molecule has 0 unspecified atom stereocenters. The van der Waals surface area contributed by atoms with Gasteiger partial charge in [-0.15, -0.1) is 10.2 Å². The molecule has 3 rings (SSSR count). The Morgan fingerprint density at radius 1 is 1.00 bits per heavy atom. The van der Waals surface area contributed by atoms with Crippen molar-refractivity contribution in [3.8, 4) is 28.7 Å². The minimum atomic E-state index is -0.439. The van der Waals surface area contributed by atoms with Crippen LogP contribution in [0, 0.1) is 0 Å². The molecule has 0 aliphatic carbocycles. The Labute approximate surface area is 141 Å². The number of aromatic nitrogens is 2. The van der Waals surface area contributed by atoms with Gasteiger partial charge in [-0.2, -0.15) is 0 Å². The molecule has 7 heteroatoms. The average Bonchev–Trinajstić information content (AvgIpc) is 2.96. The molecule has 0 N–H and O–H groups in total. The van der Waals surface area contributed by atoms with Crippen molar-refractivity contribution in [1.82, 2.24) is 10.2 Å². The van der Waals surface area contributed by atoms with Crippen LogP contribution in [-0.4, -0.2) is 16.2 Å². The zero-order chi connectivity index (χ0) is 16.4. The summed E-state index contributed by atoms with van der Waals surface area (Å²) in [4.78, 5) is 11.2. The summed E-state index contributed by atoms with van der Waals surface area (Å²) in [5, 5.41) is 8.77. The first-order chi connectivity index (χ1) is 11.1. The number of benzene rings is 2. The first-order valence-electron chi connectivity index (χ1n) is 6.62. The summed E-state index contributed by atoms with van der Waals surface area (Å²) < 4.78 is 10.8. The van der Waals surface area contributed by atoms with Gasteiger partial charge in [0.15, 0.2) is 0 Å². The van der Waals surface area contributed by atoms with Crippen LogP contribution in [0.1, 0.15) is 6.92 Å². The summed E-state index contributed by atoms with van der Waals surface area (Å²) in [7, 11) is 0. The minimum absolute atomic E-state index is 0.188. The van der Waals surface area contributed by atoms with E-state index in [1.165, 1.54) is 6.92 Å². The van der Waals surface area contributed by atoms with E-state index in [0.717, 1.165) is 0 Å². The molecular weight excluding hydrogens is 339 g/mol. The third-order valence-electron chi connectivity index (χ3n) is 2.97. The second-order valence-corrected chi connectivity index (χ2v) is 5.41. The first-order valence-corrected chi connectivity index (χ1v) is 7.37. The van der Waals surface area contributed by atoms with Gasteiger partial charge >= 0.3 is 5.97 Å². The van der Waals surface area contributed by atoms with Gasteiger partial charge in [0, 0.05) is 6.92 Å². The van der Waals surface area contributed by atoms with Crippen LogP contribution in [0.25, 0.3) is 22.9 Å². The van der Waals surface area contributed by atoms with Gasteiger partial charge in [0.1, 0.15) is 5.75 Å². The molecule has 0 amide bonds. The maximum atomic E-state index is 11.2. The lowest BCUT2D eigenvalue weighted by Crippen LogP contribution is -2.02. The number of para-hydroxylation sites is 1. The summed E-state index contributed by atoms with van der Waals surface area (Å²) in [5.41, 5.74) is 0.962. The highest BCUT2D eigenvalue weighted by Gasteiger charge is 2.18. The number of esters is 1. The maximum Gasteiger partial charge on any atom is 0.308 e. The van der Waals surface area contributed by atoms with E-state index in [2.05, 4.69) is 10.2 Å². The van der Waals surface area contributed by atoms with Crippen molar-refractivity contribution < 1.29 is 13.9 Å². The quantitative estimate of drug-likeness (QED) is 0.509. The Hall–Kier alpha value is -2.37. The van der Waals surface area contributed by atoms with Crippen LogP contribution in [0.4, 0.5) is 0 Å². The van der Waals surface area contributed by atoms with Crippen molar-refractivity contribution >= 4 is 29.2 Å². The number of carbonyl (C=O) groups excluding carboxylic acids is 1. The van der Waals surface area contributed by atoms with Crippen molar-refractivity contribution in [2.24, 2.45) is 0 Å². The van der Waals surface area contributed by atoms with Crippen molar-refractivity contribution in [2.45, 2.75) is 6.92 Å². The van der Waals surface area contributed by atoms with Gasteiger partial charge in [0.25, 0.3) is 11.8 Å². The standard InChI is InChI=1S/C16H10Cl2N2O3/c1-9(21)22-13-8-3-2-5-10(13)15-19-20-16(23-15)14-11(17)6-4-7-12(14)18/h2-8H,1H3. The Morgan fingerprint density at radius 3 is 2.35 bits per heavy atom. The second kappa shape index (κ2) is 6.40. The molecule has 0 fully saturated rings. The maximum absolute atomic E-state index is 11.2. The summed E-state index contributed by atoms with van der Waals surface area (Å²) in [6.07, 6.45) is 0. The van der Waals surface area contributed by atoms with Crippen LogP contribution in [0.15, 0.2) is 46.9 Å². The SMILES string of the molecule is CC(=O)Oc1ccccc1-c1nnc(-c2c(Cl)cccc2Cl)o1. The first kappa shape index (κ1) is 15.5. The molecule has 116 valence electrons. The van der Waals surface area contributed by atoms with Gasteiger partial charge < -0.3 is 9.15 Å². The molecular formula is C16H10Cl2N2O3. The fraction of sp³-hybridized carbons (Fsp3) is 0.0625. The van der Waals surface area contributed by atoms with E-state index in [-0.39, 0.29) is 11.8 Å². The molecule has 5 nitrogen and oxygen atoms in total. The summed E-state index contributed by atoms with van der Waals surface area (Å²) in [5.74, 6) is 0.285. The number of ether oxygens (including phenoxy) is 1. The normalized spacial score (nSPS) is 10.6. The largest absolute Gasteiger partial charge is 0.426 e. The number of halogens is 2. The van der Waals surface area contributed by atoms with Crippen molar-refractivity contribution in [1.29, 1.82) is 0 Å². The van der Waals surface area contributed by atoms with Gasteiger partial charge in [-0.3, -0.25) is 4.79 Å². The molecule has 0 bridgehead atoms. The van der Waals surface area contributed by atoms with E-state index in [0.29, 0.717) is 26.9 Å². The Bertz CT molecular complexity index is 857. The number of nitrogens with zero attached hydrogens (tertiary/aromatic N) is 2. The predicted molar refractivity (Wildman–Crippen MR) is 86.5 cm³/mol. The van der Waals surface area contributed by atoms with E-state index < -0.39 is 5.97 Å². The molecule has 0 saturated heterocycles. The zero-order valence-corrected chi connectivity index (χ0v) is 13.4. The van der Waals surface area contributed by atoms with Crippen LogP contribution in [0.3, 0.4) is 0 Å². The fourth-order valence-electron chi connectivity index (χ4n) is 2.02. The molecule has 1 aromatic heterocycles. The fourth-order valence-corrected chi connectivity index (χ4v) is 2.58. The zero-order valence-electron chi connectivity index (χ0n) is 11.9. The van der Waals surface area contributed by atoms with Gasteiger partial charge in [0.2, 0.25) is 0 Å². The van der Waals surface area contributed by atoms with E-state index in [1.54, 1.807) is 42.5 Å². The lowest BCUT2D eigenvalue weighted by atomic mass is 10.2. The molecule has 0 radical (unpaired) electrons. The molecule has 3 aromatic rings. The number of carbonyl (C=O) groups is 1. The molecule has 1 heterocycles. The Balaban J connectivity index is 2.05. The predicted octanol–water partition coefficient (Wildman–Crippen LogP) is 4.64. The third kappa shape index (κ3) is 3.21. The van der Waals surface area contributed by atoms with E-state index >= 15 is 0 Å². The van der Waals surface area contributed by atoms with Crippen LogP contribution in [0.5, 0.6) is 5.75 Å². The number of rotatable bonds is 3.